The Bertz CT molecular complexity index is 579. The lowest BCUT2D eigenvalue weighted by molar-refractivity contribution is -0.128. The second kappa shape index (κ2) is 8.55. The van der Waals surface area contributed by atoms with E-state index in [2.05, 4.69) is 15.7 Å². The van der Waals surface area contributed by atoms with Gasteiger partial charge in [0.2, 0.25) is 5.91 Å². The quantitative estimate of drug-likeness (QED) is 0.794. The van der Waals surface area contributed by atoms with E-state index in [0.29, 0.717) is 23.8 Å². The summed E-state index contributed by atoms with van der Waals surface area (Å²) >= 11 is 1.69. The summed E-state index contributed by atoms with van der Waals surface area (Å²) in [5.74, 6) is 2.11. The maximum atomic E-state index is 12.9. The van der Waals surface area contributed by atoms with Crippen molar-refractivity contribution in [3.8, 4) is 0 Å². The van der Waals surface area contributed by atoms with Gasteiger partial charge in [-0.25, -0.2) is 4.98 Å². The Morgan fingerprint density at radius 3 is 2.40 bits per heavy atom. The van der Waals surface area contributed by atoms with Gasteiger partial charge in [-0.3, -0.25) is 4.79 Å². The molecule has 1 aromatic heterocycles. The second-order valence-corrected chi connectivity index (χ2v) is 8.74. The highest BCUT2D eigenvalue weighted by Gasteiger charge is 2.42. The topological polar surface area (TPSA) is 68.0 Å². The van der Waals surface area contributed by atoms with E-state index in [0.717, 1.165) is 23.5 Å². The lowest BCUT2D eigenvalue weighted by atomic mass is 9.65. The predicted octanol–water partition coefficient (Wildman–Crippen LogP) is 4.02. The van der Waals surface area contributed by atoms with Crippen LogP contribution in [0.15, 0.2) is 5.38 Å². The van der Waals surface area contributed by atoms with Crippen LogP contribution in [0.25, 0.3) is 0 Å². The first-order valence-corrected chi connectivity index (χ1v) is 9.97. The van der Waals surface area contributed by atoms with E-state index in [1.54, 1.807) is 11.3 Å². The maximum Gasteiger partial charge on any atom is 0.223 e. The summed E-state index contributed by atoms with van der Waals surface area (Å²) in [4.78, 5) is 17.5. The molecule has 3 aliphatic carbocycles. The van der Waals surface area contributed by atoms with Crippen LogP contribution in [-0.2, 0) is 4.79 Å². The first-order chi connectivity index (χ1) is 11.1. The van der Waals surface area contributed by atoms with Crippen LogP contribution in [0.5, 0.6) is 0 Å². The van der Waals surface area contributed by atoms with Crippen LogP contribution in [0.4, 0.5) is 0 Å². The molecule has 3 saturated carbocycles. The number of amides is 1. The molecule has 0 aromatic carbocycles. The molecule has 3 aliphatic rings. The molecule has 2 bridgehead atoms. The number of rotatable bonds is 4. The van der Waals surface area contributed by atoms with Gasteiger partial charge in [0, 0.05) is 23.0 Å². The van der Waals surface area contributed by atoms with Crippen LogP contribution in [0, 0.1) is 30.6 Å². The average molecular weight is 406 g/mol. The van der Waals surface area contributed by atoms with E-state index in [9.17, 15) is 4.79 Å². The molecule has 0 radical (unpaired) electrons. The number of aromatic nitrogens is 1. The number of hydrogen-bond acceptors (Lipinski definition) is 4. The van der Waals surface area contributed by atoms with Crippen molar-refractivity contribution in [1.29, 1.82) is 0 Å². The van der Waals surface area contributed by atoms with Crippen molar-refractivity contribution in [3.63, 3.8) is 0 Å². The zero-order valence-corrected chi connectivity index (χ0v) is 17.1. The molecular weight excluding hydrogens is 377 g/mol. The van der Waals surface area contributed by atoms with E-state index in [-0.39, 0.29) is 42.7 Å². The van der Waals surface area contributed by atoms with Gasteiger partial charge in [-0.1, -0.05) is 6.42 Å². The average Bonchev–Trinajstić information content (AvgIpc) is 3.25. The fourth-order valence-electron chi connectivity index (χ4n) is 4.60. The normalized spacial score (nSPS) is 32.1. The molecule has 3 atom stereocenters. The minimum Gasteiger partial charge on any atom is -0.346 e. The van der Waals surface area contributed by atoms with Crippen molar-refractivity contribution in [3.05, 3.63) is 16.1 Å². The van der Waals surface area contributed by atoms with Gasteiger partial charge in [0.25, 0.3) is 0 Å². The summed E-state index contributed by atoms with van der Waals surface area (Å²) < 4.78 is 0. The van der Waals surface area contributed by atoms with Crippen molar-refractivity contribution in [2.75, 3.05) is 0 Å². The van der Waals surface area contributed by atoms with Crippen LogP contribution in [0.2, 0.25) is 0 Å². The number of nitrogens with two attached hydrogens (primary N) is 1. The zero-order chi connectivity index (χ0) is 16.0. The SMILES string of the molecule is Cc1csc(C(NC(=O)C2CC3CCCC(C2)C3N)C2CC2)n1.Cl.Cl. The standard InChI is InChI=1S/C18H27N3OS.2ClH/c1-10-9-23-18(20-10)16(11-5-6-11)21-17(22)14-7-12-3-2-4-13(8-14)15(12)19;;/h9,11-16H,2-8,19H2,1H3,(H,21,22);2*1H. The van der Waals surface area contributed by atoms with Crippen LogP contribution >= 0.6 is 36.2 Å². The molecular formula is C18H29Cl2N3OS. The van der Waals surface area contributed by atoms with Gasteiger partial charge in [0.15, 0.2) is 0 Å². The summed E-state index contributed by atoms with van der Waals surface area (Å²) in [6.45, 7) is 2.02. The van der Waals surface area contributed by atoms with E-state index >= 15 is 0 Å². The molecule has 142 valence electrons. The molecule has 3 unspecified atom stereocenters. The minimum atomic E-state index is 0. The lowest BCUT2D eigenvalue weighted by Crippen LogP contribution is -2.49. The highest BCUT2D eigenvalue weighted by molar-refractivity contribution is 7.09. The second-order valence-electron chi connectivity index (χ2n) is 7.85. The minimum absolute atomic E-state index is 0. The predicted molar refractivity (Wildman–Crippen MR) is 106 cm³/mol. The number of fused-ring (bicyclic) bond motifs is 2. The number of thiazole rings is 1. The Morgan fingerprint density at radius 2 is 1.88 bits per heavy atom. The number of nitrogens with one attached hydrogen (secondary N) is 1. The Morgan fingerprint density at radius 1 is 1.24 bits per heavy atom. The maximum absolute atomic E-state index is 12.9. The summed E-state index contributed by atoms with van der Waals surface area (Å²) in [5.41, 5.74) is 7.42. The monoisotopic (exact) mass is 405 g/mol. The van der Waals surface area contributed by atoms with E-state index < -0.39 is 0 Å². The lowest BCUT2D eigenvalue weighted by Gasteiger charge is -2.43. The van der Waals surface area contributed by atoms with E-state index in [1.807, 2.05) is 6.92 Å². The highest BCUT2D eigenvalue weighted by Crippen LogP contribution is 2.44. The molecule has 3 N–H and O–H groups in total. The van der Waals surface area contributed by atoms with Crippen LogP contribution < -0.4 is 11.1 Å². The molecule has 1 aromatic rings. The first kappa shape index (κ1) is 20.9. The molecule has 4 rings (SSSR count). The molecule has 0 spiro atoms. The molecule has 1 heterocycles. The van der Waals surface area contributed by atoms with Crippen molar-refractivity contribution >= 4 is 42.1 Å². The number of carbonyl (C=O) groups excluding carboxylic acids is 1. The Hall–Kier alpha value is -0.360. The largest absolute Gasteiger partial charge is 0.346 e. The molecule has 3 fully saturated rings. The summed E-state index contributed by atoms with van der Waals surface area (Å²) in [6, 6.07) is 0.463. The third-order valence-corrected chi connectivity index (χ3v) is 7.12. The number of nitrogens with zero attached hydrogens (tertiary/aromatic N) is 1. The Balaban J connectivity index is 0.00000113. The summed E-state index contributed by atoms with van der Waals surface area (Å²) in [7, 11) is 0. The van der Waals surface area contributed by atoms with Gasteiger partial charge in [-0.05, 0) is 63.2 Å². The molecule has 1 amide bonds. The molecule has 0 saturated heterocycles. The Labute approximate surface area is 166 Å². The van der Waals surface area contributed by atoms with Crippen LogP contribution in [0.3, 0.4) is 0 Å². The van der Waals surface area contributed by atoms with Crippen molar-refractivity contribution in [2.24, 2.45) is 29.4 Å². The number of carbonyl (C=O) groups is 1. The fourth-order valence-corrected chi connectivity index (χ4v) is 5.54. The third-order valence-electron chi connectivity index (χ3n) is 6.08. The van der Waals surface area contributed by atoms with Crippen molar-refractivity contribution in [1.82, 2.24) is 10.3 Å². The Kier molecular flexibility index (Phi) is 7.17. The molecule has 7 heteroatoms. The smallest absolute Gasteiger partial charge is 0.223 e. The van der Waals surface area contributed by atoms with Gasteiger partial charge in [-0.2, -0.15) is 0 Å². The highest BCUT2D eigenvalue weighted by atomic mass is 35.5. The van der Waals surface area contributed by atoms with Gasteiger partial charge in [-0.15, -0.1) is 36.2 Å². The first-order valence-electron chi connectivity index (χ1n) is 9.10. The van der Waals surface area contributed by atoms with Gasteiger partial charge in [0.1, 0.15) is 5.01 Å². The van der Waals surface area contributed by atoms with Gasteiger partial charge >= 0.3 is 0 Å². The summed E-state index contributed by atoms with van der Waals surface area (Å²) in [6.07, 6.45) is 8.10. The van der Waals surface area contributed by atoms with Crippen LogP contribution in [0.1, 0.15) is 61.7 Å². The third kappa shape index (κ3) is 4.49. The zero-order valence-electron chi connectivity index (χ0n) is 14.6. The molecule has 4 nitrogen and oxygen atoms in total. The van der Waals surface area contributed by atoms with E-state index in [4.69, 9.17) is 5.73 Å². The van der Waals surface area contributed by atoms with Crippen LogP contribution in [-0.4, -0.2) is 16.9 Å². The van der Waals surface area contributed by atoms with E-state index in [1.165, 1.54) is 32.1 Å². The molecule has 25 heavy (non-hydrogen) atoms. The van der Waals surface area contributed by atoms with Gasteiger partial charge < -0.3 is 11.1 Å². The summed E-state index contributed by atoms with van der Waals surface area (Å²) in [5, 5.41) is 6.52. The van der Waals surface area contributed by atoms with Gasteiger partial charge in [0.05, 0.1) is 6.04 Å². The number of aryl methyl sites for hydroxylation is 1. The fraction of sp³-hybridized carbons (Fsp3) is 0.778. The number of hydrogen-bond donors (Lipinski definition) is 2. The van der Waals surface area contributed by atoms with Crippen molar-refractivity contribution in [2.45, 2.75) is 64.0 Å². The number of halogens is 2. The van der Waals surface area contributed by atoms with Crippen molar-refractivity contribution < 1.29 is 4.79 Å². The molecule has 0 aliphatic heterocycles.